The molecule has 1 aliphatic heterocycles. The van der Waals surface area contributed by atoms with E-state index in [0.29, 0.717) is 22.2 Å². The monoisotopic (exact) mass is 272 g/mol. The predicted molar refractivity (Wildman–Crippen MR) is 78.9 cm³/mol. The Morgan fingerprint density at radius 3 is 2.24 bits per heavy atom. The van der Waals surface area contributed by atoms with Gasteiger partial charge in [-0.3, -0.25) is 4.79 Å². The Kier molecular flexibility index (Phi) is 4.88. The second-order valence-corrected chi connectivity index (χ2v) is 8.72. The second kappa shape index (κ2) is 6.01. The standard InChI is InChI=1S/C14H24OS2/c1-9-4-6-12(7-5-9)14(15)13-8-16-10(2)11(3)17-13/h9-13H,4-8H2,1-3H3. The lowest BCUT2D eigenvalue weighted by atomic mass is 9.80. The minimum Gasteiger partial charge on any atom is -0.298 e. The SMILES string of the molecule is CC1CCC(C(=O)C2CSC(C)C(C)S2)CC1. The predicted octanol–water partition coefficient (Wildman–Crippen LogP) is 4.01. The van der Waals surface area contributed by atoms with Crippen LogP contribution < -0.4 is 0 Å². The molecule has 17 heavy (non-hydrogen) atoms. The zero-order valence-corrected chi connectivity index (χ0v) is 12.8. The summed E-state index contributed by atoms with van der Waals surface area (Å²) in [7, 11) is 0. The van der Waals surface area contributed by atoms with Crippen LogP contribution in [0.25, 0.3) is 0 Å². The molecule has 0 N–H and O–H groups in total. The number of carbonyl (C=O) groups excluding carboxylic acids is 1. The summed E-state index contributed by atoms with van der Waals surface area (Å²) in [6.07, 6.45) is 4.80. The van der Waals surface area contributed by atoms with Crippen molar-refractivity contribution < 1.29 is 4.79 Å². The zero-order valence-electron chi connectivity index (χ0n) is 11.1. The Morgan fingerprint density at radius 2 is 1.65 bits per heavy atom. The molecule has 2 rings (SSSR count). The van der Waals surface area contributed by atoms with Gasteiger partial charge >= 0.3 is 0 Å². The molecule has 0 spiro atoms. The van der Waals surface area contributed by atoms with Crippen molar-refractivity contribution in [3.63, 3.8) is 0 Å². The number of rotatable bonds is 2. The maximum Gasteiger partial charge on any atom is 0.149 e. The van der Waals surface area contributed by atoms with Crippen molar-refractivity contribution in [1.82, 2.24) is 0 Å². The maximum absolute atomic E-state index is 12.5. The summed E-state index contributed by atoms with van der Waals surface area (Å²) in [5.74, 6) is 2.82. The first kappa shape index (κ1) is 13.8. The molecule has 3 atom stereocenters. The van der Waals surface area contributed by atoms with E-state index < -0.39 is 0 Å². The summed E-state index contributed by atoms with van der Waals surface area (Å²) in [5, 5.41) is 1.62. The van der Waals surface area contributed by atoms with Gasteiger partial charge in [-0.1, -0.05) is 33.6 Å². The summed E-state index contributed by atoms with van der Waals surface area (Å²) in [6, 6.07) is 0. The minimum absolute atomic E-state index is 0.282. The van der Waals surface area contributed by atoms with Crippen LogP contribution in [0.5, 0.6) is 0 Å². The van der Waals surface area contributed by atoms with Crippen LogP contribution in [0.15, 0.2) is 0 Å². The first-order chi connectivity index (χ1) is 8.08. The lowest BCUT2D eigenvalue weighted by Crippen LogP contribution is -2.36. The van der Waals surface area contributed by atoms with Crippen molar-refractivity contribution >= 4 is 29.3 Å². The van der Waals surface area contributed by atoms with Crippen molar-refractivity contribution in [2.45, 2.75) is 62.2 Å². The van der Waals surface area contributed by atoms with Crippen LogP contribution in [0.1, 0.15) is 46.5 Å². The van der Waals surface area contributed by atoms with E-state index >= 15 is 0 Å². The van der Waals surface area contributed by atoms with E-state index in [1.54, 1.807) is 0 Å². The largest absolute Gasteiger partial charge is 0.298 e. The van der Waals surface area contributed by atoms with Crippen LogP contribution in [-0.2, 0) is 4.79 Å². The van der Waals surface area contributed by atoms with E-state index in [-0.39, 0.29) is 5.25 Å². The molecule has 0 aromatic carbocycles. The Labute approximate surface area is 114 Å². The quantitative estimate of drug-likeness (QED) is 0.756. The second-order valence-electron chi connectivity index (χ2n) is 5.73. The van der Waals surface area contributed by atoms with Crippen molar-refractivity contribution in [3.05, 3.63) is 0 Å². The smallest absolute Gasteiger partial charge is 0.149 e. The van der Waals surface area contributed by atoms with Gasteiger partial charge in [-0.05, 0) is 18.8 Å². The van der Waals surface area contributed by atoms with E-state index in [2.05, 4.69) is 20.8 Å². The molecular formula is C14H24OS2. The molecule has 1 heterocycles. The molecule has 0 amide bonds. The Hall–Kier alpha value is 0.370. The molecule has 3 unspecified atom stereocenters. The van der Waals surface area contributed by atoms with Gasteiger partial charge in [-0.15, -0.1) is 11.8 Å². The number of hydrogen-bond donors (Lipinski definition) is 0. The highest BCUT2D eigenvalue weighted by Gasteiger charge is 2.34. The van der Waals surface area contributed by atoms with E-state index in [1.807, 2.05) is 23.5 Å². The Balaban J connectivity index is 1.87. The molecule has 2 fully saturated rings. The molecule has 0 aromatic heterocycles. The molecule has 1 saturated heterocycles. The molecule has 1 aliphatic carbocycles. The normalized spacial score (nSPS) is 43.4. The molecule has 0 radical (unpaired) electrons. The first-order valence-corrected chi connectivity index (χ1v) is 8.88. The first-order valence-electron chi connectivity index (χ1n) is 6.88. The number of ketones is 1. The highest BCUT2D eigenvalue weighted by Crippen LogP contribution is 2.39. The average Bonchev–Trinajstić information content (AvgIpc) is 2.33. The minimum atomic E-state index is 0.282. The molecule has 3 heteroatoms. The Bertz CT molecular complexity index is 271. The molecule has 0 aromatic rings. The zero-order chi connectivity index (χ0) is 12.4. The fourth-order valence-corrected chi connectivity index (χ4v) is 5.70. The molecular weight excluding hydrogens is 248 g/mol. The lowest BCUT2D eigenvalue weighted by Gasteiger charge is -2.34. The number of Topliss-reactive ketones (excluding diaryl/α,β-unsaturated/α-hetero) is 1. The van der Waals surface area contributed by atoms with Crippen molar-refractivity contribution in [3.8, 4) is 0 Å². The Morgan fingerprint density at radius 1 is 1.00 bits per heavy atom. The van der Waals surface area contributed by atoms with Crippen molar-refractivity contribution in [1.29, 1.82) is 0 Å². The number of hydrogen-bond acceptors (Lipinski definition) is 3. The number of carbonyl (C=O) groups is 1. The third kappa shape index (κ3) is 3.44. The maximum atomic E-state index is 12.5. The van der Waals surface area contributed by atoms with Gasteiger partial charge in [0.05, 0.1) is 5.25 Å². The molecule has 1 saturated carbocycles. The van der Waals surface area contributed by atoms with Gasteiger partial charge < -0.3 is 0 Å². The third-order valence-electron chi connectivity index (χ3n) is 4.29. The summed E-state index contributed by atoms with van der Waals surface area (Å²) in [5.41, 5.74) is 0. The van der Waals surface area contributed by atoms with E-state index in [1.165, 1.54) is 12.8 Å². The topological polar surface area (TPSA) is 17.1 Å². The van der Waals surface area contributed by atoms with E-state index in [4.69, 9.17) is 0 Å². The summed E-state index contributed by atoms with van der Waals surface area (Å²) < 4.78 is 0. The van der Waals surface area contributed by atoms with Gasteiger partial charge in [-0.2, -0.15) is 11.8 Å². The van der Waals surface area contributed by atoms with Gasteiger partial charge in [0.1, 0.15) is 5.78 Å². The van der Waals surface area contributed by atoms with E-state index in [9.17, 15) is 4.79 Å². The van der Waals surface area contributed by atoms with Gasteiger partial charge in [-0.25, -0.2) is 0 Å². The number of thioether (sulfide) groups is 2. The highest BCUT2D eigenvalue weighted by atomic mass is 32.2. The van der Waals surface area contributed by atoms with Gasteiger partial charge in [0.2, 0.25) is 0 Å². The fraction of sp³-hybridized carbons (Fsp3) is 0.929. The van der Waals surface area contributed by atoms with Crippen LogP contribution in [0.4, 0.5) is 0 Å². The van der Waals surface area contributed by atoms with Gasteiger partial charge in [0, 0.05) is 22.2 Å². The van der Waals surface area contributed by atoms with Crippen LogP contribution in [-0.4, -0.2) is 27.3 Å². The lowest BCUT2D eigenvalue weighted by molar-refractivity contribution is -0.123. The molecule has 0 bridgehead atoms. The van der Waals surface area contributed by atoms with Crippen molar-refractivity contribution in [2.75, 3.05) is 5.75 Å². The van der Waals surface area contributed by atoms with Crippen LogP contribution >= 0.6 is 23.5 Å². The summed E-state index contributed by atoms with van der Waals surface area (Å²) in [4.78, 5) is 12.5. The van der Waals surface area contributed by atoms with Crippen LogP contribution in [0.3, 0.4) is 0 Å². The third-order valence-corrected chi connectivity index (χ3v) is 7.69. The molecule has 1 nitrogen and oxygen atoms in total. The van der Waals surface area contributed by atoms with E-state index in [0.717, 1.165) is 24.5 Å². The van der Waals surface area contributed by atoms with Gasteiger partial charge in [0.25, 0.3) is 0 Å². The van der Waals surface area contributed by atoms with Crippen LogP contribution in [0, 0.1) is 11.8 Å². The summed E-state index contributed by atoms with van der Waals surface area (Å²) in [6.45, 7) is 6.87. The molecule has 2 aliphatic rings. The fourth-order valence-electron chi connectivity index (χ4n) is 2.74. The van der Waals surface area contributed by atoms with Crippen molar-refractivity contribution in [2.24, 2.45) is 11.8 Å². The van der Waals surface area contributed by atoms with Crippen LogP contribution in [0.2, 0.25) is 0 Å². The average molecular weight is 272 g/mol. The van der Waals surface area contributed by atoms with Gasteiger partial charge in [0.15, 0.2) is 0 Å². The summed E-state index contributed by atoms with van der Waals surface area (Å²) >= 11 is 3.91. The molecule has 98 valence electrons. The highest BCUT2D eigenvalue weighted by molar-refractivity contribution is 8.08.